The van der Waals surface area contributed by atoms with Gasteiger partial charge in [-0.2, -0.15) is 5.10 Å². The number of alkyl halides is 1. The molecule has 1 heterocycles. The number of benzene rings is 1. The minimum atomic E-state index is -0.0792. The van der Waals surface area contributed by atoms with Gasteiger partial charge in [-0.05, 0) is 25.0 Å². The maximum atomic E-state index is 12.3. The molecule has 4 nitrogen and oxygen atoms in total. The Labute approximate surface area is 133 Å². The van der Waals surface area contributed by atoms with E-state index in [1.807, 2.05) is 50.2 Å². The van der Waals surface area contributed by atoms with Crippen molar-refractivity contribution in [3.05, 3.63) is 53.3 Å². The lowest BCUT2D eigenvalue weighted by Gasteiger charge is -2.12. The van der Waals surface area contributed by atoms with Gasteiger partial charge in [0.2, 0.25) is 0 Å². The number of halogens is 1. The fraction of sp³-hybridized carbons (Fsp3) is 0.375. The van der Waals surface area contributed by atoms with Gasteiger partial charge in [0.1, 0.15) is 5.69 Å². The molecule has 1 N–H and O–H groups in total. The van der Waals surface area contributed by atoms with Crippen molar-refractivity contribution in [2.45, 2.75) is 31.6 Å². The minimum absolute atomic E-state index is 0.0792. The highest BCUT2D eigenvalue weighted by Gasteiger charge is 2.15. The summed E-state index contributed by atoms with van der Waals surface area (Å²) in [6.45, 7) is 5.26. The highest BCUT2D eigenvalue weighted by atomic mass is 79.9. The number of aryl methyl sites for hydroxylation is 2. The first-order valence-electron chi connectivity index (χ1n) is 7.19. The summed E-state index contributed by atoms with van der Waals surface area (Å²) in [6, 6.07) is 11.9. The van der Waals surface area contributed by atoms with Crippen LogP contribution in [0.1, 0.15) is 40.4 Å². The van der Waals surface area contributed by atoms with Gasteiger partial charge in [0.25, 0.3) is 5.91 Å². The molecule has 0 saturated carbocycles. The van der Waals surface area contributed by atoms with Crippen LogP contribution in [-0.2, 0) is 13.0 Å². The molecule has 21 heavy (non-hydrogen) atoms. The molecule has 1 aromatic carbocycles. The third-order valence-electron chi connectivity index (χ3n) is 3.33. The van der Waals surface area contributed by atoms with Crippen LogP contribution in [0.5, 0.6) is 0 Å². The first-order chi connectivity index (χ1) is 10.2. The van der Waals surface area contributed by atoms with Crippen molar-refractivity contribution in [1.82, 2.24) is 15.1 Å². The monoisotopic (exact) mass is 349 g/mol. The van der Waals surface area contributed by atoms with Gasteiger partial charge in [0.05, 0.1) is 10.5 Å². The molecule has 0 radical (unpaired) electrons. The van der Waals surface area contributed by atoms with Gasteiger partial charge in [-0.3, -0.25) is 9.48 Å². The van der Waals surface area contributed by atoms with Gasteiger partial charge in [-0.1, -0.05) is 53.2 Å². The molecule has 5 heteroatoms. The van der Waals surface area contributed by atoms with Crippen molar-refractivity contribution in [3.63, 3.8) is 0 Å². The van der Waals surface area contributed by atoms with E-state index in [1.165, 1.54) is 0 Å². The van der Waals surface area contributed by atoms with Gasteiger partial charge < -0.3 is 5.32 Å². The summed E-state index contributed by atoms with van der Waals surface area (Å²) in [4.78, 5) is 12.4. The Bertz CT molecular complexity index is 595. The number of hydrogen-bond donors (Lipinski definition) is 1. The Morgan fingerprint density at radius 2 is 2.05 bits per heavy atom. The molecule has 0 spiro atoms. The van der Waals surface area contributed by atoms with Crippen LogP contribution in [0.2, 0.25) is 0 Å². The van der Waals surface area contributed by atoms with Crippen LogP contribution < -0.4 is 5.32 Å². The lowest BCUT2D eigenvalue weighted by Crippen LogP contribution is -2.28. The van der Waals surface area contributed by atoms with Crippen molar-refractivity contribution in [2.24, 2.45) is 0 Å². The number of hydrogen-bond acceptors (Lipinski definition) is 2. The van der Waals surface area contributed by atoms with E-state index in [9.17, 15) is 4.79 Å². The molecule has 2 aromatic rings. The highest BCUT2D eigenvalue weighted by Crippen LogP contribution is 2.21. The molecule has 1 amide bonds. The van der Waals surface area contributed by atoms with E-state index < -0.39 is 0 Å². The van der Waals surface area contributed by atoms with Crippen LogP contribution in [0.4, 0.5) is 0 Å². The summed E-state index contributed by atoms with van der Waals surface area (Å²) in [5, 5.41) is 7.36. The first-order valence-corrected chi connectivity index (χ1v) is 8.11. The second-order valence-electron chi connectivity index (χ2n) is 4.78. The maximum absolute atomic E-state index is 12.3. The number of rotatable bonds is 6. The van der Waals surface area contributed by atoms with E-state index in [-0.39, 0.29) is 10.7 Å². The largest absolute Gasteiger partial charge is 0.349 e. The van der Waals surface area contributed by atoms with E-state index in [4.69, 9.17) is 0 Å². The van der Waals surface area contributed by atoms with Crippen LogP contribution in [0.25, 0.3) is 0 Å². The van der Waals surface area contributed by atoms with E-state index in [0.29, 0.717) is 18.8 Å². The van der Waals surface area contributed by atoms with Crippen LogP contribution >= 0.6 is 15.9 Å². The zero-order chi connectivity index (χ0) is 15.2. The average molecular weight is 350 g/mol. The molecule has 0 aliphatic carbocycles. The molecular weight excluding hydrogens is 330 g/mol. The molecule has 1 aromatic heterocycles. The average Bonchev–Trinajstić information content (AvgIpc) is 2.96. The molecule has 0 aliphatic rings. The SMILES string of the molecule is CCc1cc(C(=O)NCC(Br)c2ccccc2)n(CC)n1. The number of amides is 1. The quantitative estimate of drug-likeness (QED) is 0.813. The Hall–Kier alpha value is -1.62. The second kappa shape index (κ2) is 7.41. The van der Waals surface area contributed by atoms with Crippen LogP contribution in [0.15, 0.2) is 36.4 Å². The maximum Gasteiger partial charge on any atom is 0.269 e. The topological polar surface area (TPSA) is 46.9 Å². The first kappa shape index (κ1) is 15.8. The third-order valence-corrected chi connectivity index (χ3v) is 4.18. The highest BCUT2D eigenvalue weighted by molar-refractivity contribution is 9.09. The molecule has 1 unspecified atom stereocenters. The zero-order valence-corrected chi connectivity index (χ0v) is 13.9. The van der Waals surface area contributed by atoms with E-state index in [0.717, 1.165) is 17.7 Å². The summed E-state index contributed by atoms with van der Waals surface area (Å²) in [7, 11) is 0. The Morgan fingerprint density at radius 3 is 2.67 bits per heavy atom. The van der Waals surface area contributed by atoms with Crippen molar-refractivity contribution < 1.29 is 4.79 Å². The standard InChI is InChI=1S/C16H20BrN3O/c1-3-13-10-15(20(4-2)19-13)16(21)18-11-14(17)12-8-6-5-7-9-12/h5-10,14H,3-4,11H2,1-2H3,(H,18,21). The summed E-state index contributed by atoms with van der Waals surface area (Å²) >= 11 is 3.60. The summed E-state index contributed by atoms with van der Waals surface area (Å²) < 4.78 is 1.75. The molecule has 2 rings (SSSR count). The van der Waals surface area contributed by atoms with Crippen molar-refractivity contribution in [1.29, 1.82) is 0 Å². The zero-order valence-electron chi connectivity index (χ0n) is 12.3. The molecule has 0 bridgehead atoms. The Balaban J connectivity index is 2.00. The lowest BCUT2D eigenvalue weighted by atomic mass is 10.1. The third kappa shape index (κ3) is 3.94. The van der Waals surface area contributed by atoms with Gasteiger partial charge in [-0.15, -0.1) is 0 Å². The molecule has 0 fully saturated rings. The number of carbonyl (C=O) groups excluding carboxylic acids is 1. The predicted molar refractivity (Wildman–Crippen MR) is 87.7 cm³/mol. The Morgan fingerprint density at radius 1 is 1.33 bits per heavy atom. The minimum Gasteiger partial charge on any atom is -0.349 e. The van der Waals surface area contributed by atoms with Crippen molar-refractivity contribution >= 4 is 21.8 Å². The van der Waals surface area contributed by atoms with Crippen molar-refractivity contribution in [3.8, 4) is 0 Å². The number of carbonyl (C=O) groups is 1. The molecule has 0 saturated heterocycles. The summed E-state index contributed by atoms with van der Waals surface area (Å²) in [5.41, 5.74) is 2.72. The number of nitrogens with one attached hydrogen (secondary N) is 1. The van der Waals surface area contributed by atoms with Crippen LogP contribution in [0, 0.1) is 0 Å². The smallest absolute Gasteiger partial charge is 0.269 e. The van der Waals surface area contributed by atoms with E-state index in [2.05, 4.69) is 26.3 Å². The van der Waals surface area contributed by atoms with Gasteiger partial charge in [-0.25, -0.2) is 0 Å². The van der Waals surface area contributed by atoms with Crippen LogP contribution in [0.3, 0.4) is 0 Å². The summed E-state index contributed by atoms with van der Waals surface area (Å²) in [5.74, 6) is -0.0792. The molecule has 1 atom stereocenters. The number of nitrogens with zero attached hydrogens (tertiary/aromatic N) is 2. The van der Waals surface area contributed by atoms with Crippen LogP contribution in [-0.4, -0.2) is 22.2 Å². The predicted octanol–water partition coefficient (Wildman–Crippen LogP) is 3.33. The lowest BCUT2D eigenvalue weighted by molar-refractivity contribution is 0.0943. The Kier molecular flexibility index (Phi) is 5.56. The fourth-order valence-corrected chi connectivity index (χ4v) is 2.59. The number of aromatic nitrogens is 2. The van der Waals surface area contributed by atoms with Gasteiger partial charge in [0.15, 0.2) is 0 Å². The van der Waals surface area contributed by atoms with Gasteiger partial charge in [0, 0.05) is 13.1 Å². The van der Waals surface area contributed by atoms with Gasteiger partial charge >= 0.3 is 0 Å². The fourth-order valence-electron chi connectivity index (χ4n) is 2.12. The molecule has 0 aliphatic heterocycles. The molecule has 112 valence electrons. The molecular formula is C16H20BrN3O. The second-order valence-corrected chi connectivity index (χ2v) is 5.88. The van der Waals surface area contributed by atoms with E-state index in [1.54, 1.807) is 4.68 Å². The van der Waals surface area contributed by atoms with Crippen molar-refractivity contribution in [2.75, 3.05) is 6.54 Å². The summed E-state index contributed by atoms with van der Waals surface area (Å²) in [6.07, 6.45) is 0.832. The van der Waals surface area contributed by atoms with E-state index >= 15 is 0 Å². The normalized spacial score (nSPS) is 12.1.